The lowest BCUT2D eigenvalue weighted by molar-refractivity contribution is 0.102. The Balaban J connectivity index is 1.59. The molecule has 0 unspecified atom stereocenters. The second-order valence-corrected chi connectivity index (χ2v) is 7.37. The van der Waals surface area contributed by atoms with Crippen molar-refractivity contribution in [1.29, 1.82) is 0 Å². The highest BCUT2D eigenvalue weighted by atomic mass is 32.1. The van der Waals surface area contributed by atoms with Gasteiger partial charge in [-0.3, -0.25) is 4.79 Å². The van der Waals surface area contributed by atoms with E-state index in [1.165, 1.54) is 11.3 Å². The van der Waals surface area contributed by atoms with Gasteiger partial charge in [-0.05, 0) is 31.2 Å². The van der Waals surface area contributed by atoms with Gasteiger partial charge in [-0.25, -0.2) is 9.97 Å². The number of hydrogen-bond donors (Lipinski definition) is 1. The maximum Gasteiger partial charge on any atom is 0.284 e. The van der Waals surface area contributed by atoms with Crippen LogP contribution < -0.4 is 5.32 Å². The molecule has 1 N–H and O–H groups in total. The normalized spacial score (nSPS) is 10.9. The van der Waals surface area contributed by atoms with E-state index in [2.05, 4.69) is 15.3 Å². The van der Waals surface area contributed by atoms with E-state index in [0.717, 1.165) is 32.2 Å². The summed E-state index contributed by atoms with van der Waals surface area (Å²) in [6.07, 6.45) is 0. The van der Waals surface area contributed by atoms with Crippen LogP contribution >= 0.6 is 22.7 Å². The largest absolute Gasteiger partial charge is 0.320 e. The predicted octanol–water partition coefficient (Wildman–Crippen LogP) is 4.98. The van der Waals surface area contributed by atoms with E-state index in [9.17, 15) is 4.79 Å². The molecule has 0 spiro atoms. The zero-order chi connectivity index (χ0) is 16.5. The molecule has 118 valence electrons. The zero-order valence-electron chi connectivity index (χ0n) is 12.8. The first-order valence-electron chi connectivity index (χ1n) is 7.38. The average molecular weight is 351 g/mol. The molecular formula is C18H13N3OS2. The van der Waals surface area contributed by atoms with Gasteiger partial charge in [-0.1, -0.05) is 24.3 Å². The molecule has 0 aliphatic carbocycles. The smallest absolute Gasteiger partial charge is 0.284 e. The molecule has 2 heterocycles. The van der Waals surface area contributed by atoms with E-state index in [-0.39, 0.29) is 5.91 Å². The van der Waals surface area contributed by atoms with Gasteiger partial charge in [-0.2, -0.15) is 0 Å². The van der Waals surface area contributed by atoms with Crippen LogP contribution in [0.4, 0.5) is 5.69 Å². The number of amides is 1. The van der Waals surface area contributed by atoms with Crippen molar-refractivity contribution in [3.8, 4) is 11.3 Å². The van der Waals surface area contributed by atoms with Crippen LogP contribution in [0, 0.1) is 6.92 Å². The Morgan fingerprint density at radius 1 is 1.08 bits per heavy atom. The first kappa shape index (κ1) is 15.0. The highest BCUT2D eigenvalue weighted by molar-refractivity contribution is 7.20. The van der Waals surface area contributed by atoms with E-state index in [4.69, 9.17) is 0 Å². The van der Waals surface area contributed by atoms with Crippen molar-refractivity contribution in [2.45, 2.75) is 6.92 Å². The summed E-state index contributed by atoms with van der Waals surface area (Å²) in [4.78, 5) is 21.3. The third-order valence-electron chi connectivity index (χ3n) is 3.52. The third kappa shape index (κ3) is 2.93. The van der Waals surface area contributed by atoms with Crippen LogP contribution in [0.3, 0.4) is 0 Å². The lowest BCUT2D eigenvalue weighted by Crippen LogP contribution is -2.11. The van der Waals surface area contributed by atoms with Gasteiger partial charge in [0.1, 0.15) is 0 Å². The number of aromatic nitrogens is 2. The molecule has 2 aromatic heterocycles. The number of aryl methyl sites for hydroxylation is 1. The van der Waals surface area contributed by atoms with Gasteiger partial charge in [-0.15, -0.1) is 22.7 Å². The Kier molecular flexibility index (Phi) is 3.84. The van der Waals surface area contributed by atoms with Crippen LogP contribution in [0.1, 0.15) is 14.8 Å². The molecule has 0 saturated heterocycles. The lowest BCUT2D eigenvalue weighted by Gasteiger charge is -2.04. The van der Waals surface area contributed by atoms with Crippen LogP contribution in [0.15, 0.2) is 53.9 Å². The number of nitrogens with one attached hydrogen (secondary N) is 1. The van der Waals surface area contributed by atoms with E-state index in [1.54, 1.807) is 11.3 Å². The second-order valence-electron chi connectivity index (χ2n) is 5.27. The van der Waals surface area contributed by atoms with Crippen molar-refractivity contribution in [2.75, 3.05) is 5.32 Å². The SMILES string of the molecule is Cc1nc(-c2cccc(NC(=O)c3nc4ccccc4s3)c2)cs1. The van der Waals surface area contributed by atoms with Gasteiger partial charge in [0, 0.05) is 16.6 Å². The van der Waals surface area contributed by atoms with Crippen molar-refractivity contribution in [1.82, 2.24) is 9.97 Å². The van der Waals surface area contributed by atoms with Crippen LogP contribution in [0.5, 0.6) is 0 Å². The van der Waals surface area contributed by atoms with Crippen LogP contribution in [-0.4, -0.2) is 15.9 Å². The van der Waals surface area contributed by atoms with Crippen LogP contribution in [0.25, 0.3) is 21.5 Å². The molecule has 0 aliphatic heterocycles. The molecule has 24 heavy (non-hydrogen) atoms. The summed E-state index contributed by atoms with van der Waals surface area (Å²) in [5.41, 5.74) is 3.50. The molecule has 0 radical (unpaired) electrons. The van der Waals surface area contributed by atoms with E-state index in [1.807, 2.05) is 60.8 Å². The summed E-state index contributed by atoms with van der Waals surface area (Å²) in [7, 11) is 0. The highest BCUT2D eigenvalue weighted by Crippen LogP contribution is 2.26. The summed E-state index contributed by atoms with van der Waals surface area (Å²) in [5, 5.41) is 6.42. The molecule has 0 fully saturated rings. The molecule has 6 heteroatoms. The maximum atomic E-state index is 12.5. The summed E-state index contributed by atoms with van der Waals surface area (Å²) in [6.45, 7) is 1.98. The van der Waals surface area contributed by atoms with Crippen molar-refractivity contribution in [3.63, 3.8) is 0 Å². The van der Waals surface area contributed by atoms with Crippen LogP contribution in [-0.2, 0) is 0 Å². The molecule has 2 aromatic carbocycles. The summed E-state index contributed by atoms with van der Waals surface area (Å²) < 4.78 is 1.01. The Morgan fingerprint density at radius 2 is 1.96 bits per heavy atom. The number of fused-ring (bicyclic) bond motifs is 1. The number of thiazole rings is 2. The average Bonchev–Trinajstić information content (AvgIpc) is 3.21. The van der Waals surface area contributed by atoms with Crippen LogP contribution in [0.2, 0.25) is 0 Å². The Hall–Kier alpha value is -2.57. The van der Waals surface area contributed by atoms with Gasteiger partial charge in [0.15, 0.2) is 5.01 Å². The number of benzene rings is 2. The predicted molar refractivity (Wildman–Crippen MR) is 99.9 cm³/mol. The quantitative estimate of drug-likeness (QED) is 0.566. The van der Waals surface area contributed by atoms with Gasteiger partial charge in [0.2, 0.25) is 0 Å². The summed E-state index contributed by atoms with van der Waals surface area (Å²) in [5.74, 6) is -0.192. The molecular weight excluding hydrogens is 338 g/mol. The minimum atomic E-state index is -0.192. The van der Waals surface area contributed by atoms with Gasteiger partial charge in [0.05, 0.1) is 20.9 Å². The third-order valence-corrected chi connectivity index (χ3v) is 5.33. The van der Waals surface area contributed by atoms with Gasteiger partial charge >= 0.3 is 0 Å². The zero-order valence-corrected chi connectivity index (χ0v) is 14.4. The van der Waals surface area contributed by atoms with E-state index < -0.39 is 0 Å². The topological polar surface area (TPSA) is 54.9 Å². The van der Waals surface area contributed by atoms with Gasteiger partial charge < -0.3 is 5.32 Å². The maximum absolute atomic E-state index is 12.5. The molecule has 0 bridgehead atoms. The molecule has 1 amide bonds. The number of rotatable bonds is 3. The summed E-state index contributed by atoms with van der Waals surface area (Å²) in [6, 6.07) is 15.4. The molecule has 4 aromatic rings. The fourth-order valence-electron chi connectivity index (χ4n) is 2.41. The van der Waals surface area contributed by atoms with Crippen molar-refractivity contribution >= 4 is 44.5 Å². The fourth-order valence-corrected chi connectivity index (χ4v) is 3.89. The Bertz CT molecular complexity index is 1000. The van der Waals surface area contributed by atoms with Gasteiger partial charge in [0.25, 0.3) is 5.91 Å². The second kappa shape index (κ2) is 6.14. The highest BCUT2D eigenvalue weighted by Gasteiger charge is 2.13. The van der Waals surface area contributed by atoms with E-state index in [0.29, 0.717) is 5.01 Å². The van der Waals surface area contributed by atoms with Crippen molar-refractivity contribution < 1.29 is 4.79 Å². The number of para-hydroxylation sites is 1. The minimum absolute atomic E-state index is 0.192. The number of carbonyl (C=O) groups excluding carboxylic acids is 1. The first-order chi connectivity index (χ1) is 11.7. The number of carbonyl (C=O) groups is 1. The fraction of sp³-hybridized carbons (Fsp3) is 0.0556. The minimum Gasteiger partial charge on any atom is -0.320 e. The van der Waals surface area contributed by atoms with E-state index >= 15 is 0 Å². The first-order valence-corrected chi connectivity index (χ1v) is 9.08. The molecule has 0 aliphatic rings. The number of hydrogen-bond acceptors (Lipinski definition) is 5. The number of anilines is 1. The monoisotopic (exact) mass is 351 g/mol. The standard InChI is InChI=1S/C18H13N3OS2/c1-11-19-15(10-23-11)12-5-4-6-13(9-12)20-17(22)18-21-14-7-2-3-8-16(14)24-18/h2-10H,1H3,(H,20,22). The number of nitrogens with zero attached hydrogens (tertiary/aromatic N) is 2. The molecule has 0 atom stereocenters. The van der Waals surface area contributed by atoms with Crippen molar-refractivity contribution in [3.05, 3.63) is 63.9 Å². The van der Waals surface area contributed by atoms with Crippen molar-refractivity contribution in [2.24, 2.45) is 0 Å². The summed E-state index contributed by atoms with van der Waals surface area (Å²) >= 11 is 3.01. The Morgan fingerprint density at radius 3 is 2.75 bits per heavy atom. The molecule has 0 saturated carbocycles. The molecule has 4 nitrogen and oxygen atoms in total. The molecule has 4 rings (SSSR count). The Labute approximate surface area is 146 Å². The lowest BCUT2D eigenvalue weighted by atomic mass is 10.1.